The van der Waals surface area contributed by atoms with Crippen LogP contribution in [-0.4, -0.2) is 28.1 Å². The molecule has 1 fully saturated rings. The molecule has 7 heteroatoms. The second-order valence-corrected chi connectivity index (χ2v) is 8.42. The molecule has 4 rings (SSSR count). The fourth-order valence-electron chi connectivity index (χ4n) is 4.36. The molecule has 32 heavy (non-hydrogen) atoms. The van der Waals surface area contributed by atoms with Gasteiger partial charge in [0.25, 0.3) is 11.5 Å². The van der Waals surface area contributed by atoms with Crippen molar-refractivity contribution < 1.29 is 9.53 Å². The first-order chi connectivity index (χ1) is 15.5. The summed E-state index contributed by atoms with van der Waals surface area (Å²) < 4.78 is 6.74. The number of ether oxygens (including phenoxy) is 1. The van der Waals surface area contributed by atoms with Crippen LogP contribution in [0.4, 0.5) is 0 Å². The number of hydrogen-bond acceptors (Lipinski definition) is 4. The topological polar surface area (TPSA) is 93.2 Å². The second-order valence-electron chi connectivity index (χ2n) is 8.42. The fraction of sp³-hybridized carbons (Fsp3) is 0.400. The van der Waals surface area contributed by atoms with Gasteiger partial charge in [0, 0.05) is 11.6 Å². The number of aromatic nitrogens is 2. The third kappa shape index (κ3) is 4.61. The van der Waals surface area contributed by atoms with E-state index in [0.717, 1.165) is 42.6 Å². The Morgan fingerprint density at radius 1 is 1.12 bits per heavy atom. The van der Waals surface area contributed by atoms with Crippen molar-refractivity contribution >= 4 is 16.8 Å². The van der Waals surface area contributed by atoms with E-state index in [4.69, 9.17) is 4.74 Å². The molecule has 168 valence electrons. The predicted octanol–water partition coefficient (Wildman–Crippen LogP) is 3.51. The fourth-order valence-corrected chi connectivity index (χ4v) is 4.36. The molecular formula is C25H29N3O4. The van der Waals surface area contributed by atoms with Gasteiger partial charge in [-0.25, -0.2) is 4.79 Å². The smallest absolute Gasteiger partial charge is 0.329 e. The van der Waals surface area contributed by atoms with Gasteiger partial charge >= 0.3 is 5.69 Å². The molecule has 3 aromatic rings. The van der Waals surface area contributed by atoms with Crippen LogP contribution >= 0.6 is 0 Å². The van der Waals surface area contributed by atoms with Crippen molar-refractivity contribution in [3.05, 3.63) is 73.9 Å². The molecule has 2 N–H and O–H groups in total. The van der Waals surface area contributed by atoms with Gasteiger partial charge in [0.2, 0.25) is 0 Å². The minimum atomic E-state index is -0.501. The number of rotatable bonds is 6. The highest BCUT2D eigenvalue weighted by Gasteiger charge is 2.18. The number of nitrogens with zero attached hydrogens (tertiary/aromatic N) is 1. The zero-order valence-electron chi connectivity index (χ0n) is 18.6. The normalized spacial score (nSPS) is 14.4. The zero-order valence-corrected chi connectivity index (χ0v) is 18.6. The van der Waals surface area contributed by atoms with Crippen molar-refractivity contribution in [1.29, 1.82) is 0 Å². The summed E-state index contributed by atoms with van der Waals surface area (Å²) in [7, 11) is 0. The van der Waals surface area contributed by atoms with Gasteiger partial charge in [0.15, 0.2) is 0 Å². The Hall–Kier alpha value is -3.35. The van der Waals surface area contributed by atoms with Crippen LogP contribution in [-0.2, 0) is 6.54 Å². The molecule has 0 radical (unpaired) electrons. The summed E-state index contributed by atoms with van der Waals surface area (Å²) in [5, 5.41) is 3.44. The third-order valence-corrected chi connectivity index (χ3v) is 6.06. The van der Waals surface area contributed by atoms with Crippen LogP contribution in [0.1, 0.15) is 60.5 Å². The molecular weight excluding hydrogens is 406 g/mol. The lowest BCUT2D eigenvalue weighted by molar-refractivity contribution is 0.0928. The Morgan fingerprint density at radius 2 is 1.91 bits per heavy atom. The quantitative estimate of drug-likeness (QED) is 0.620. The van der Waals surface area contributed by atoms with Gasteiger partial charge < -0.3 is 15.0 Å². The van der Waals surface area contributed by atoms with E-state index in [9.17, 15) is 14.4 Å². The molecule has 1 aliphatic rings. The maximum atomic E-state index is 13.0. The van der Waals surface area contributed by atoms with E-state index in [1.54, 1.807) is 18.2 Å². The molecule has 7 nitrogen and oxygen atoms in total. The molecule has 0 aliphatic heterocycles. The van der Waals surface area contributed by atoms with Crippen LogP contribution in [0, 0.1) is 6.92 Å². The minimum Gasteiger partial charge on any atom is -0.494 e. The maximum Gasteiger partial charge on any atom is 0.329 e. The van der Waals surface area contributed by atoms with E-state index >= 15 is 0 Å². The number of aromatic amines is 1. The van der Waals surface area contributed by atoms with E-state index < -0.39 is 5.69 Å². The van der Waals surface area contributed by atoms with E-state index in [2.05, 4.69) is 10.3 Å². The van der Waals surface area contributed by atoms with Gasteiger partial charge in [-0.3, -0.25) is 14.2 Å². The first-order valence-corrected chi connectivity index (χ1v) is 11.3. The van der Waals surface area contributed by atoms with Crippen molar-refractivity contribution in [2.75, 3.05) is 6.61 Å². The molecule has 1 heterocycles. The molecule has 0 spiro atoms. The number of carbonyl (C=O) groups excluding carboxylic acids is 1. The zero-order chi connectivity index (χ0) is 22.7. The highest BCUT2D eigenvalue weighted by Crippen LogP contribution is 2.20. The van der Waals surface area contributed by atoms with E-state index in [1.807, 2.05) is 32.0 Å². The number of amides is 1. The Morgan fingerprint density at radius 3 is 2.62 bits per heavy atom. The molecule has 1 aromatic heterocycles. The molecule has 0 unspecified atom stereocenters. The molecule has 0 atom stereocenters. The summed E-state index contributed by atoms with van der Waals surface area (Å²) in [4.78, 5) is 41.1. The average Bonchev–Trinajstić information content (AvgIpc) is 2.79. The van der Waals surface area contributed by atoms with Crippen molar-refractivity contribution in [2.45, 2.75) is 58.5 Å². The first kappa shape index (κ1) is 21.9. The SMILES string of the molecule is CCOc1ccc(Cn2c(=O)[nH]c3cc(C(=O)NC4CCCCC4)ccc3c2=O)cc1C. The molecule has 0 saturated heterocycles. The Kier molecular flexibility index (Phi) is 6.44. The highest BCUT2D eigenvalue weighted by atomic mass is 16.5. The molecule has 1 amide bonds. The van der Waals surface area contributed by atoms with Crippen LogP contribution in [0.2, 0.25) is 0 Å². The molecule has 0 bridgehead atoms. The van der Waals surface area contributed by atoms with Crippen LogP contribution in [0.25, 0.3) is 10.9 Å². The lowest BCUT2D eigenvalue weighted by Crippen LogP contribution is -2.37. The summed E-state index contributed by atoms with van der Waals surface area (Å²) in [5.41, 5.74) is 1.71. The number of carbonyl (C=O) groups is 1. The Bertz CT molecular complexity index is 1250. The first-order valence-electron chi connectivity index (χ1n) is 11.3. The minimum absolute atomic E-state index is 0.154. The van der Waals surface area contributed by atoms with Crippen molar-refractivity contribution in [3.63, 3.8) is 0 Å². The summed E-state index contributed by atoms with van der Waals surface area (Å²) in [6.07, 6.45) is 5.46. The largest absolute Gasteiger partial charge is 0.494 e. The number of hydrogen-bond donors (Lipinski definition) is 2. The predicted molar refractivity (Wildman–Crippen MR) is 125 cm³/mol. The van der Waals surface area contributed by atoms with Gasteiger partial charge in [-0.15, -0.1) is 0 Å². The lowest BCUT2D eigenvalue weighted by atomic mass is 9.95. The van der Waals surface area contributed by atoms with Gasteiger partial charge in [-0.05, 0) is 62.1 Å². The van der Waals surface area contributed by atoms with Crippen molar-refractivity contribution in [3.8, 4) is 5.75 Å². The van der Waals surface area contributed by atoms with Gasteiger partial charge in [-0.2, -0.15) is 0 Å². The van der Waals surface area contributed by atoms with Crippen molar-refractivity contribution in [1.82, 2.24) is 14.9 Å². The number of H-pyrrole nitrogens is 1. The summed E-state index contributed by atoms with van der Waals surface area (Å²) >= 11 is 0. The average molecular weight is 436 g/mol. The number of fused-ring (bicyclic) bond motifs is 1. The van der Waals surface area contributed by atoms with Gasteiger partial charge in [-0.1, -0.05) is 31.4 Å². The molecule has 1 aliphatic carbocycles. The summed E-state index contributed by atoms with van der Waals surface area (Å²) in [5.74, 6) is 0.615. The third-order valence-electron chi connectivity index (χ3n) is 6.06. The highest BCUT2D eigenvalue weighted by molar-refractivity contribution is 5.97. The Balaban J connectivity index is 1.60. The number of nitrogens with one attached hydrogen (secondary N) is 2. The molecule has 1 saturated carbocycles. The van der Waals surface area contributed by atoms with E-state index in [-0.39, 0.29) is 24.1 Å². The molecule has 2 aromatic carbocycles. The van der Waals surface area contributed by atoms with Crippen LogP contribution in [0.3, 0.4) is 0 Å². The van der Waals surface area contributed by atoms with Crippen LogP contribution in [0.15, 0.2) is 46.0 Å². The lowest BCUT2D eigenvalue weighted by Gasteiger charge is -2.22. The van der Waals surface area contributed by atoms with Crippen LogP contribution in [0.5, 0.6) is 5.75 Å². The standard InChI is InChI=1S/C25H29N3O4/c1-3-32-22-12-9-17(13-16(22)2)15-28-24(30)20-11-10-18(14-21(20)27-25(28)31)23(29)26-19-7-5-4-6-8-19/h9-14,19H,3-8,15H2,1-2H3,(H,26,29)(H,27,31). The number of benzene rings is 2. The van der Waals surface area contributed by atoms with Crippen molar-refractivity contribution in [2.24, 2.45) is 0 Å². The van der Waals surface area contributed by atoms with E-state index in [0.29, 0.717) is 23.1 Å². The van der Waals surface area contributed by atoms with Gasteiger partial charge in [0.05, 0.1) is 24.1 Å². The summed E-state index contributed by atoms with van der Waals surface area (Å²) in [6, 6.07) is 10.7. The van der Waals surface area contributed by atoms with Crippen LogP contribution < -0.4 is 21.3 Å². The number of aryl methyl sites for hydroxylation is 1. The maximum absolute atomic E-state index is 13.0. The summed E-state index contributed by atoms with van der Waals surface area (Å²) in [6.45, 7) is 4.58. The van der Waals surface area contributed by atoms with Gasteiger partial charge in [0.1, 0.15) is 5.75 Å². The Labute approximate surface area is 186 Å². The second kappa shape index (κ2) is 9.42. The van der Waals surface area contributed by atoms with E-state index in [1.165, 1.54) is 11.0 Å². The monoisotopic (exact) mass is 435 g/mol.